The van der Waals surface area contributed by atoms with Gasteiger partial charge < -0.3 is 9.47 Å². The first-order valence-corrected chi connectivity index (χ1v) is 9.35. The van der Waals surface area contributed by atoms with Crippen LogP contribution in [0.4, 0.5) is 0 Å². The van der Waals surface area contributed by atoms with Crippen LogP contribution in [0.1, 0.15) is 45.7 Å². The van der Waals surface area contributed by atoms with Gasteiger partial charge in [0.05, 0.1) is 0 Å². The van der Waals surface area contributed by atoms with Crippen molar-refractivity contribution in [2.75, 3.05) is 0 Å². The Bertz CT molecular complexity index is 795. The Kier molecular flexibility index (Phi) is 6.60. The average Bonchev–Trinajstić information content (AvgIpc) is 2.56. The molecule has 0 fully saturated rings. The summed E-state index contributed by atoms with van der Waals surface area (Å²) < 4.78 is 11.3. The molecule has 0 heterocycles. The fourth-order valence-corrected chi connectivity index (χ4v) is 2.96. The van der Waals surface area contributed by atoms with Crippen molar-refractivity contribution in [3.63, 3.8) is 0 Å². The van der Waals surface area contributed by atoms with Crippen LogP contribution in [0.5, 0.6) is 11.5 Å². The number of ether oxygens (including phenoxy) is 2. The van der Waals surface area contributed by atoms with E-state index in [1.165, 1.54) is 13.8 Å². The van der Waals surface area contributed by atoms with Crippen molar-refractivity contribution in [3.8, 4) is 11.5 Å². The number of allylic oxidation sites excluding steroid dienone is 1. The number of carbonyl (C=O) groups is 2. The molecule has 0 atom stereocenters. The van der Waals surface area contributed by atoms with E-state index in [4.69, 9.17) is 9.47 Å². The van der Waals surface area contributed by atoms with Crippen LogP contribution in [-0.2, 0) is 9.59 Å². The number of carbonyl (C=O) groups excluding carboxylic acids is 2. The zero-order valence-corrected chi connectivity index (χ0v) is 17.7. The zero-order valence-electron chi connectivity index (χ0n) is 16.1. The monoisotopic (exact) mass is 430 g/mol. The standard InChI is InChI=1S/C22H23BrO4/c1-14(24)26-18-10-6-16(7-11-18)20(21(23)22(3,4)5)17-8-12-19(13-9-17)27-15(2)25/h6-13H,1-5H3. The third-order valence-electron chi connectivity index (χ3n) is 3.69. The molecule has 2 rings (SSSR count). The molecule has 0 aliphatic carbocycles. The van der Waals surface area contributed by atoms with E-state index in [1.807, 2.05) is 24.3 Å². The Hall–Kier alpha value is -2.40. The van der Waals surface area contributed by atoms with Crippen molar-refractivity contribution >= 4 is 33.4 Å². The molecule has 0 aliphatic heterocycles. The first kappa shape index (κ1) is 20.9. The molecule has 4 nitrogen and oxygen atoms in total. The minimum atomic E-state index is -0.351. The highest BCUT2D eigenvalue weighted by molar-refractivity contribution is 9.11. The summed E-state index contributed by atoms with van der Waals surface area (Å²) in [5.41, 5.74) is 2.87. The second-order valence-electron chi connectivity index (χ2n) is 7.18. The maximum atomic E-state index is 11.1. The van der Waals surface area contributed by atoms with E-state index in [-0.39, 0.29) is 17.4 Å². The highest BCUT2D eigenvalue weighted by atomic mass is 79.9. The minimum Gasteiger partial charge on any atom is -0.427 e. The van der Waals surface area contributed by atoms with Crippen molar-refractivity contribution in [3.05, 3.63) is 64.1 Å². The summed E-state index contributed by atoms with van der Waals surface area (Å²) in [5.74, 6) is 0.302. The van der Waals surface area contributed by atoms with Crippen LogP contribution in [0, 0.1) is 5.41 Å². The van der Waals surface area contributed by atoms with Gasteiger partial charge in [-0.05, 0) is 46.4 Å². The van der Waals surface area contributed by atoms with Gasteiger partial charge in [0.2, 0.25) is 0 Å². The Morgan fingerprint density at radius 3 is 1.33 bits per heavy atom. The maximum Gasteiger partial charge on any atom is 0.308 e. The second kappa shape index (κ2) is 8.53. The number of benzene rings is 2. The van der Waals surface area contributed by atoms with Crippen molar-refractivity contribution in [1.82, 2.24) is 0 Å². The molecule has 0 spiro atoms. The molecule has 5 heteroatoms. The Morgan fingerprint density at radius 2 is 1.07 bits per heavy atom. The van der Waals surface area contributed by atoms with Crippen LogP contribution >= 0.6 is 15.9 Å². The summed E-state index contributed by atoms with van der Waals surface area (Å²) in [6, 6.07) is 14.8. The molecule has 0 bridgehead atoms. The number of halogens is 1. The van der Waals surface area contributed by atoms with Crippen molar-refractivity contribution < 1.29 is 19.1 Å². The lowest BCUT2D eigenvalue weighted by atomic mass is 9.87. The van der Waals surface area contributed by atoms with Gasteiger partial charge in [-0.1, -0.05) is 61.0 Å². The van der Waals surface area contributed by atoms with E-state index in [0.717, 1.165) is 21.2 Å². The first-order valence-electron chi connectivity index (χ1n) is 8.56. The van der Waals surface area contributed by atoms with Gasteiger partial charge in [-0.3, -0.25) is 9.59 Å². The topological polar surface area (TPSA) is 52.6 Å². The molecular formula is C22H23BrO4. The van der Waals surface area contributed by atoms with Crippen LogP contribution < -0.4 is 9.47 Å². The Labute approximate surface area is 168 Å². The summed E-state index contributed by atoms with van der Waals surface area (Å²) in [6.45, 7) is 9.12. The predicted molar refractivity (Wildman–Crippen MR) is 110 cm³/mol. The van der Waals surface area contributed by atoms with Gasteiger partial charge in [-0.15, -0.1) is 0 Å². The molecule has 2 aromatic carbocycles. The summed E-state index contributed by atoms with van der Waals surface area (Å²) >= 11 is 3.76. The van der Waals surface area contributed by atoms with Crippen molar-refractivity contribution in [2.45, 2.75) is 34.6 Å². The summed E-state index contributed by atoms with van der Waals surface area (Å²) in [7, 11) is 0. The number of hydrogen-bond acceptors (Lipinski definition) is 4. The largest absolute Gasteiger partial charge is 0.427 e. The molecule has 0 unspecified atom stereocenters. The number of esters is 2. The quantitative estimate of drug-likeness (QED) is 0.458. The molecule has 0 radical (unpaired) electrons. The third kappa shape index (κ3) is 5.79. The molecule has 2 aromatic rings. The van der Waals surface area contributed by atoms with E-state index in [1.54, 1.807) is 24.3 Å². The Balaban J connectivity index is 2.50. The van der Waals surface area contributed by atoms with Crippen LogP contribution in [0.25, 0.3) is 5.57 Å². The molecule has 0 amide bonds. The van der Waals surface area contributed by atoms with E-state index in [2.05, 4.69) is 36.7 Å². The van der Waals surface area contributed by atoms with Gasteiger partial charge in [0.25, 0.3) is 0 Å². The van der Waals surface area contributed by atoms with Gasteiger partial charge in [0.1, 0.15) is 11.5 Å². The number of rotatable bonds is 4. The molecule has 0 aliphatic rings. The van der Waals surface area contributed by atoms with Crippen molar-refractivity contribution in [1.29, 1.82) is 0 Å². The van der Waals surface area contributed by atoms with E-state index in [0.29, 0.717) is 11.5 Å². The molecule has 27 heavy (non-hydrogen) atoms. The van der Waals surface area contributed by atoms with E-state index in [9.17, 15) is 9.59 Å². The smallest absolute Gasteiger partial charge is 0.308 e. The first-order chi connectivity index (χ1) is 12.6. The zero-order chi connectivity index (χ0) is 20.2. The normalized spacial score (nSPS) is 10.9. The molecular weight excluding hydrogens is 408 g/mol. The number of hydrogen-bond donors (Lipinski definition) is 0. The lowest BCUT2D eigenvalue weighted by molar-refractivity contribution is -0.132. The predicted octanol–water partition coefficient (Wildman–Crippen LogP) is 5.74. The molecule has 0 saturated heterocycles. The fourth-order valence-electron chi connectivity index (χ4n) is 2.51. The van der Waals surface area contributed by atoms with Crippen molar-refractivity contribution in [2.24, 2.45) is 5.41 Å². The fraction of sp³-hybridized carbons (Fsp3) is 0.273. The summed E-state index contributed by atoms with van der Waals surface area (Å²) in [5, 5.41) is 0. The highest BCUT2D eigenvalue weighted by Gasteiger charge is 2.21. The molecule has 142 valence electrons. The van der Waals surface area contributed by atoms with Gasteiger partial charge in [-0.2, -0.15) is 0 Å². The summed E-state index contributed by atoms with van der Waals surface area (Å²) in [6.07, 6.45) is 0. The van der Waals surface area contributed by atoms with E-state index >= 15 is 0 Å². The summed E-state index contributed by atoms with van der Waals surface area (Å²) in [4.78, 5) is 22.3. The molecule has 0 saturated carbocycles. The third-order valence-corrected chi connectivity index (χ3v) is 5.27. The lowest BCUT2D eigenvalue weighted by Crippen LogP contribution is -2.08. The van der Waals surface area contributed by atoms with Gasteiger partial charge in [-0.25, -0.2) is 0 Å². The second-order valence-corrected chi connectivity index (χ2v) is 7.97. The van der Waals surface area contributed by atoms with E-state index < -0.39 is 0 Å². The molecule has 0 N–H and O–H groups in total. The van der Waals surface area contributed by atoms with Gasteiger partial charge >= 0.3 is 11.9 Å². The lowest BCUT2D eigenvalue weighted by Gasteiger charge is -2.23. The molecule has 0 aromatic heterocycles. The van der Waals surface area contributed by atoms with Crippen LogP contribution in [0.3, 0.4) is 0 Å². The Morgan fingerprint density at radius 1 is 0.741 bits per heavy atom. The highest BCUT2D eigenvalue weighted by Crippen LogP contribution is 2.40. The average molecular weight is 431 g/mol. The minimum absolute atomic E-state index is 0.113. The van der Waals surface area contributed by atoms with Crippen LogP contribution in [-0.4, -0.2) is 11.9 Å². The SMILES string of the molecule is CC(=O)Oc1ccc(C(=C(Br)C(C)(C)C)c2ccc(OC(C)=O)cc2)cc1. The van der Waals surface area contributed by atoms with Gasteiger partial charge in [0.15, 0.2) is 0 Å². The van der Waals surface area contributed by atoms with Crippen LogP contribution in [0.2, 0.25) is 0 Å². The van der Waals surface area contributed by atoms with Gasteiger partial charge in [0, 0.05) is 18.3 Å². The maximum absolute atomic E-state index is 11.1. The van der Waals surface area contributed by atoms with Crippen LogP contribution in [0.15, 0.2) is 53.0 Å².